The predicted molar refractivity (Wildman–Crippen MR) is 91.7 cm³/mol. The molecule has 0 saturated carbocycles. The van der Waals surface area contributed by atoms with Gasteiger partial charge in [0.2, 0.25) is 0 Å². The van der Waals surface area contributed by atoms with Crippen molar-refractivity contribution in [3.05, 3.63) is 29.8 Å². The standard InChI is InChI=1S/C17H20F3N3O2S/c18-17(19,20)26-15-4-2-14(3-5-15)16(24)23(7-1-6-21)9-8-22-10-12-25-13-11-22/h2-5H,1,7-13H2. The topological polar surface area (TPSA) is 56.6 Å². The predicted octanol–water partition coefficient (Wildman–Crippen LogP) is 2.99. The maximum absolute atomic E-state index is 12.7. The van der Waals surface area contributed by atoms with E-state index in [0.717, 1.165) is 13.1 Å². The molecule has 0 radical (unpaired) electrons. The molecule has 1 aromatic rings. The molecular formula is C17H20F3N3O2S. The number of carbonyl (C=O) groups is 1. The van der Waals surface area contributed by atoms with E-state index in [1.165, 1.54) is 24.3 Å². The number of nitrogens with zero attached hydrogens (tertiary/aromatic N) is 3. The van der Waals surface area contributed by atoms with Gasteiger partial charge in [-0.3, -0.25) is 9.69 Å². The fourth-order valence-electron chi connectivity index (χ4n) is 2.57. The van der Waals surface area contributed by atoms with E-state index in [4.69, 9.17) is 10.00 Å². The van der Waals surface area contributed by atoms with Crippen LogP contribution in [0.25, 0.3) is 0 Å². The Morgan fingerprint density at radius 1 is 1.23 bits per heavy atom. The maximum Gasteiger partial charge on any atom is 0.446 e. The molecule has 0 unspecified atom stereocenters. The van der Waals surface area contributed by atoms with Crippen molar-refractivity contribution in [1.29, 1.82) is 5.26 Å². The molecule has 26 heavy (non-hydrogen) atoms. The minimum absolute atomic E-state index is 0.0333. The second-order valence-electron chi connectivity index (χ2n) is 5.73. The van der Waals surface area contributed by atoms with Gasteiger partial charge in [0, 0.05) is 43.2 Å². The highest BCUT2D eigenvalue weighted by atomic mass is 32.2. The zero-order valence-corrected chi connectivity index (χ0v) is 15.0. The van der Waals surface area contributed by atoms with Gasteiger partial charge in [0.1, 0.15) is 0 Å². The summed E-state index contributed by atoms with van der Waals surface area (Å²) >= 11 is -0.214. The summed E-state index contributed by atoms with van der Waals surface area (Å²) in [6.07, 6.45) is 0.205. The normalized spacial score (nSPS) is 15.5. The molecule has 0 aromatic heterocycles. The Bertz CT molecular complexity index is 626. The first-order chi connectivity index (χ1) is 12.4. The van der Waals surface area contributed by atoms with Gasteiger partial charge in [0.05, 0.1) is 25.7 Å². The van der Waals surface area contributed by atoms with Crippen molar-refractivity contribution < 1.29 is 22.7 Å². The van der Waals surface area contributed by atoms with E-state index in [1.807, 2.05) is 6.07 Å². The lowest BCUT2D eigenvalue weighted by Crippen LogP contribution is -2.43. The number of rotatable bonds is 7. The largest absolute Gasteiger partial charge is 0.446 e. The van der Waals surface area contributed by atoms with Crippen molar-refractivity contribution in [3.8, 4) is 6.07 Å². The van der Waals surface area contributed by atoms with E-state index in [2.05, 4.69) is 4.90 Å². The number of carbonyl (C=O) groups excluding carboxylic acids is 1. The van der Waals surface area contributed by atoms with E-state index in [1.54, 1.807) is 4.90 Å². The molecule has 1 aliphatic rings. The number of ether oxygens (including phenoxy) is 1. The summed E-state index contributed by atoms with van der Waals surface area (Å²) in [5.41, 5.74) is -4.04. The lowest BCUT2D eigenvalue weighted by atomic mass is 10.2. The fourth-order valence-corrected chi connectivity index (χ4v) is 3.11. The monoisotopic (exact) mass is 387 g/mol. The van der Waals surface area contributed by atoms with Crippen LogP contribution in [0.3, 0.4) is 0 Å². The van der Waals surface area contributed by atoms with Crippen molar-refractivity contribution in [2.24, 2.45) is 0 Å². The quantitative estimate of drug-likeness (QED) is 0.674. The number of morpholine rings is 1. The Morgan fingerprint density at radius 3 is 2.46 bits per heavy atom. The SMILES string of the molecule is N#CCCN(CCN1CCOCC1)C(=O)c1ccc(SC(F)(F)F)cc1. The number of hydrogen-bond donors (Lipinski definition) is 0. The number of thioether (sulfide) groups is 1. The third-order valence-electron chi connectivity index (χ3n) is 3.91. The first-order valence-corrected chi connectivity index (χ1v) is 9.03. The van der Waals surface area contributed by atoms with E-state index < -0.39 is 5.51 Å². The maximum atomic E-state index is 12.7. The third-order valence-corrected chi connectivity index (χ3v) is 4.64. The molecular weight excluding hydrogens is 367 g/mol. The van der Waals surface area contributed by atoms with E-state index in [9.17, 15) is 18.0 Å². The molecule has 1 heterocycles. The Balaban J connectivity index is 1.99. The first kappa shape index (κ1) is 20.6. The minimum atomic E-state index is -4.36. The average molecular weight is 387 g/mol. The second kappa shape index (κ2) is 9.80. The zero-order chi connectivity index (χ0) is 19.0. The lowest BCUT2D eigenvalue weighted by Gasteiger charge is -2.30. The molecule has 1 fully saturated rings. The molecule has 5 nitrogen and oxygen atoms in total. The number of alkyl halides is 3. The van der Waals surface area contributed by atoms with Gasteiger partial charge in [-0.05, 0) is 36.0 Å². The molecule has 1 aliphatic heterocycles. The summed E-state index contributed by atoms with van der Waals surface area (Å²) in [4.78, 5) is 16.5. The number of hydrogen-bond acceptors (Lipinski definition) is 5. The number of nitriles is 1. The van der Waals surface area contributed by atoms with Gasteiger partial charge >= 0.3 is 5.51 Å². The summed E-state index contributed by atoms with van der Waals surface area (Å²) in [5, 5.41) is 8.80. The van der Waals surface area contributed by atoms with Crippen LogP contribution in [0.2, 0.25) is 0 Å². The van der Waals surface area contributed by atoms with E-state index in [0.29, 0.717) is 38.4 Å². The van der Waals surface area contributed by atoms with Gasteiger partial charge in [-0.15, -0.1) is 0 Å². The molecule has 9 heteroatoms. The van der Waals surface area contributed by atoms with Crippen LogP contribution in [0.4, 0.5) is 13.2 Å². The molecule has 0 bridgehead atoms. The van der Waals surface area contributed by atoms with Crippen molar-refractivity contribution >= 4 is 17.7 Å². The molecule has 1 aromatic carbocycles. The zero-order valence-electron chi connectivity index (χ0n) is 14.2. The van der Waals surface area contributed by atoms with Crippen molar-refractivity contribution in [3.63, 3.8) is 0 Å². The van der Waals surface area contributed by atoms with Gasteiger partial charge in [-0.1, -0.05) is 0 Å². The lowest BCUT2D eigenvalue weighted by molar-refractivity contribution is -0.0328. The van der Waals surface area contributed by atoms with Crippen LogP contribution in [0.5, 0.6) is 0 Å². The van der Waals surface area contributed by atoms with Crippen molar-refractivity contribution in [1.82, 2.24) is 9.80 Å². The van der Waals surface area contributed by atoms with Gasteiger partial charge in [-0.2, -0.15) is 18.4 Å². The van der Waals surface area contributed by atoms with Gasteiger partial charge in [0.25, 0.3) is 5.91 Å². The highest BCUT2D eigenvalue weighted by Crippen LogP contribution is 2.36. The fraction of sp³-hybridized carbons (Fsp3) is 0.529. The highest BCUT2D eigenvalue weighted by molar-refractivity contribution is 8.00. The molecule has 2 rings (SSSR count). The van der Waals surface area contributed by atoms with Gasteiger partial charge in [0.15, 0.2) is 0 Å². The highest BCUT2D eigenvalue weighted by Gasteiger charge is 2.29. The van der Waals surface area contributed by atoms with E-state index in [-0.39, 0.29) is 29.0 Å². The van der Waals surface area contributed by atoms with Crippen LogP contribution in [0.1, 0.15) is 16.8 Å². The molecule has 142 valence electrons. The minimum Gasteiger partial charge on any atom is -0.379 e. The Morgan fingerprint density at radius 2 is 1.88 bits per heavy atom. The summed E-state index contributed by atoms with van der Waals surface area (Å²) in [6, 6.07) is 7.38. The molecule has 0 aliphatic carbocycles. The Hall–Kier alpha value is -1.76. The third kappa shape index (κ3) is 6.86. The van der Waals surface area contributed by atoms with Gasteiger partial charge < -0.3 is 9.64 Å². The van der Waals surface area contributed by atoms with Crippen LogP contribution in [0.15, 0.2) is 29.2 Å². The Labute approximate surface area is 154 Å². The second-order valence-corrected chi connectivity index (χ2v) is 6.86. The smallest absolute Gasteiger partial charge is 0.379 e. The van der Waals surface area contributed by atoms with Crippen LogP contribution in [0, 0.1) is 11.3 Å². The average Bonchev–Trinajstić information content (AvgIpc) is 2.61. The van der Waals surface area contributed by atoms with Crippen molar-refractivity contribution in [2.45, 2.75) is 16.8 Å². The van der Waals surface area contributed by atoms with E-state index >= 15 is 0 Å². The summed E-state index contributed by atoms with van der Waals surface area (Å²) < 4.78 is 42.5. The Kier molecular flexibility index (Phi) is 7.75. The van der Waals surface area contributed by atoms with Crippen LogP contribution in [-0.4, -0.2) is 67.2 Å². The molecule has 1 saturated heterocycles. The molecule has 0 spiro atoms. The first-order valence-electron chi connectivity index (χ1n) is 8.21. The summed E-state index contributed by atoms with van der Waals surface area (Å²) in [5.74, 6) is -0.280. The molecule has 0 N–H and O–H groups in total. The number of amides is 1. The summed E-state index contributed by atoms with van der Waals surface area (Å²) in [6.45, 7) is 4.32. The van der Waals surface area contributed by atoms with Gasteiger partial charge in [-0.25, -0.2) is 0 Å². The molecule has 0 atom stereocenters. The molecule has 1 amide bonds. The van der Waals surface area contributed by atoms with Crippen LogP contribution in [-0.2, 0) is 4.74 Å². The van der Waals surface area contributed by atoms with Crippen molar-refractivity contribution in [2.75, 3.05) is 45.9 Å². The number of halogens is 3. The summed E-state index contributed by atoms with van der Waals surface area (Å²) in [7, 11) is 0. The van der Waals surface area contributed by atoms with Crippen LogP contribution >= 0.6 is 11.8 Å². The van der Waals surface area contributed by atoms with Crippen LogP contribution < -0.4 is 0 Å². The number of benzene rings is 1.